The summed E-state index contributed by atoms with van der Waals surface area (Å²) in [5.74, 6) is -4.07. The van der Waals surface area contributed by atoms with E-state index in [9.17, 15) is 37.1 Å². The molecule has 0 fully saturated rings. The molecule has 116 heavy (non-hydrogen) atoms. The van der Waals surface area contributed by atoms with Crippen LogP contribution < -0.4 is 32.7 Å². The van der Waals surface area contributed by atoms with Crippen LogP contribution in [0.3, 0.4) is 0 Å². The smallest absolute Gasteiger partial charge is 0.278 e. The average Bonchev–Trinajstić information content (AvgIpc) is 0.811. The highest BCUT2D eigenvalue weighted by atomic mass is 79.9. The number of pyridine rings is 3. The first-order valence-corrected chi connectivity index (χ1v) is 38.1. The molecule has 4 atom stereocenters. The quantitative estimate of drug-likeness (QED) is 0.0325. The summed E-state index contributed by atoms with van der Waals surface area (Å²) in [5.41, 5.74) is 21.5. The first-order valence-electron chi connectivity index (χ1n) is 34.7. The van der Waals surface area contributed by atoms with Gasteiger partial charge in [0.1, 0.15) is 41.7 Å². The second-order valence-electron chi connectivity index (χ2n) is 25.3. The third-order valence-corrected chi connectivity index (χ3v) is 19.3. The molecule has 1 unspecified atom stereocenters. The Morgan fingerprint density at radius 2 is 0.931 bits per heavy atom. The number of rotatable bonds is 19. The molecule has 0 saturated carbocycles. The highest BCUT2D eigenvalue weighted by molar-refractivity contribution is 9.10. The van der Waals surface area contributed by atoms with Gasteiger partial charge in [-0.3, -0.25) is 38.9 Å². The van der Waals surface area contributed by atoms with Crippen molar-refractivity contribution in [1.29, 1.82) is 10.5 Å². The molecule has 12 rings (SSSR count). The van der Waals surface area contributed by atoms with E-state index in [1.165, 1.54) is 42.7 Å². The first-order chi connectivity index (χ1) is 55.6. The number of aromatic nitrogens is 3. The molecule has 3 heterocycles. The molecular formula is C87H66Br2Cl5F3N14O5. The summed E-state index contributed by atoms with van der Waals surface area (Å²) in [6.07, 6.45) is 7.24. The Hall–Kier alpha value is -12.2. The molecule has 3 aromatic heterocycles. The maximum Gasteiger partial charge on any atom is 0.278 e. The Morgan fingerprint density at radius 3 is 1.42 bits per heavy atom. The van der Waals surface area contributed by atoms with Crippen molar-refractivity contribution in [1.82, 2.24) is 36.2 Å². The maximum atomic E-state index is 14.1. The van der Waals surface area contributed by atoms with Gasteiger partial charge >= 0.3 is 0 Å². The fourth-order valence-corrected chi connectivity index (χ4v) is 12.8. The van der Waals surface area contributed by atoms with Crippen LogP contribution in [-0.4, -0.2) is 63.0 Å². The number of benzene rings is 9. The second-order valence-corrected chi connectivity index (χ2v) is 29.2. The standard InChI is InChI=1S/C22H16BrClFN3O.C22H19Cl2N5O.C22H18ClN3O2.C21H13BrClF2N3O/c1-12-7-15(3-4-16(12)10-26)22(29)28-21(14-5-6-18(24)19(25)9-14)20-13(2)8-17(23)11-27-20;1-14-10-16(4-8-19(14)28-13-26-12-25)22(30)29-21(15-2-5-17(23)6-3-15)20-9-7-18(24)11-27-20;23-18-13-7-12-17(14-18)22(28)25-19(15-8-3-1-4-9-15)20(24)26-21(27)16-10-5-2-6-11-16;1-11-6-15(22)10-27-19(11)20(12-4-5-16(23)18(25)7-12)28-21(29)13-2-3-14(9-26)17(24)8-13/h3-9,11,21H,1-2H3,(H,28,29);2-13,21H,1H3,(H,29,30)(H2,25,26,28);1-14,19H,(H,25,28)(H2,24,26,27);2-8,10,20H,1H3,(H,28,29)/t2*21-;;20-/m00.0/s1. The molecule has 19 nitrogen and oxygen atoms in total. The van der Waals surface area contributed by atoms with E-state index in [0.29, 0.717) is 87.9 Å². The topological polar surface area (TPSA) is 309 Å². The molecule has 584 valence electrons. The van der Waals surface area contributed by atoms with Crippen molar-refractivity contribution in [2.75, 3.05) is 0 Å². The number of halogens is 10. The predicted octanol–water partition coefficient (Wildman–Crippen LogP) is 20.0. The highest BCUT2D eigenvalue weighted by Gasteiger charge is 2.27. The Morgan fingerprint density at radius 1 is 0.448 bits per heavy atom. The van der Waals surface area contributed by atoms with Crippen LogP contribution in [0.25, 0.3) is 0 Å². The third kappa shape index (κ3) is 24.4. The largest absolute Gasteiger partial charge is 0.390 e. The average molecular weight is 1780 g/mol. The van der Waals surface area contributed by atoms with E-state index in [-0.39, 0.29) is 44.7 Å². The van der Waals surface area contributed by atoms with E-state index in [2.05, 4.69) is 89.1 Å². The minimum atomic E-state index is -0.805. The molecule has 12 aromatic rings. The molecule has 5 amide bonds. The number of amides is 5. The number of hydrogen-bond donors (Lipinski definition) is 6. The van der Waals surface area contributed by atoms with Gasteiger partial charge in [-0.05, 0) is 250 Å². The SMILES string of the molecule is Cc1cc(Br)cnc1[C@@H](NC(=O)c1ccc(C#N)c(F)c1)c1ccc(Cl)c(F)c1.Cc1cc(C(=O)N[C@@H](c2ccc(Cl)c(F)c2)c2ncc(Br)cc2C)ccc1C#N.Cc1cc(C(=O)N[C@@H](c2ccc(Cl)cc2)c2ccc(Cl)cn2)ccc1N=CN=CN.NC(=NC(=O)c1ccccc1)C(NC(=O)c1cccc(Cl)c1)c1ccccc1. The number of hydrogen-bond acceptors (Lipinski definition) is 11. The van der Waals surface area contributed by atoms with Crippen LogP contribution in [0.5, 0.6) is 0 Å². The van der Waals surface area contributed by atoms with E-state index < -0.39 is 53.4 Å². The lowest BCUT2D eigenvalue weighted by atomic mass is 9.98. The first kappa shape index (κ1) is 87.7. The van der Waals surface area contributed by atoms with Gasteiger partial charge in [-0.1, -0.05) is 137 Å². The zero-order valence-electron chi connectivity index (χ0n) is 61.6. The summed E-state index contributed by atoms with van der Waals surface area (Å²) < 4.78 is 43.6. The summed E-state index contributed by atoms with van der Waals surface area (Å²) in [6, 6.07) is 62.0. The number of amidine groups is 1. The van der Waals surface area contributed by atoms with Crippen molar-refractivity contribution in [2.24, 2.45) is 26.4 Å². The van der Waals surface area contributed by atoms with Crippen molar-refractivity contribution >= 4 is 144 Å². The molecule has 0 aliphatic heterocycles. The number of nitrogens with two attached hydrogens (primary N) is 2. The van der Waals surface area contributed by atoms with E-state index in [0.717, 1.165) is 43.6 Å². The molecule has 0 radical (unpaired) electrons. The van der Waals surface area contributed by atoms with Gasteiger partial charge in [0, 0.05) is 65.4 Å². The van der Waals surface area contributed by atoms with Crippen molar-refractivity contribution < 1.29 is 37.1 Å². The van der Waals surface area contributed by atoms with Gasteiger partial charge in [-0.15, -0.1) is 0 Å². The molecule has 0 spiro atoms. The minimum absolute atomic E-state index is 0.00188. The van der Waals surface area contributed by atoms with Gasteiger partial charge in [0.25, 0.3) is 29.5 Å². The van der Waals surface area contributed by atoms with E-state index in [1.54, 1.807) is 172 Å². The maximum absolute atomic E-state index is 14.1. The Bertz CT molecular complexity index is 5560. The molecule has 0 aliphatic rings. The Kier molecular flexibility index (Phi) is 31.9. The number of carbonyl (C=O) groups is 5. The molecule has 8 N–H and O–H groups in total. The fourth-order valence-electron chi connectivity index (χ4n) is 11.3. The van der Waals surface area contributed by atoms with Crippen LogP contribution in [-0.2, 0) is 0 Å². The summed E-state index contributed by atoms with van der Waals surface area (Å²) in [7, 11) is 0. The number of aryl methyl sites for hydroxylation is 4. The zero-order chi connectivity index (χ0) is 83.7. The summed E-state index contributed by atoms with van der Waals surface area (Å²) in [6.45, 7) is 7.30. The highest BCUT2D eigenvalue weighted by Crippen LogP contribution is 2.32. The summed E-state index contributed by atoms with van der Waals surface area (Å²) in [5, 5.41) is 31.0. The molecule has 0 bridgehead atoms. The third-order valence-electron chi connectivity index (χ3n) is 17.2. The lowest BCUT2D eigenvalue weighted by Gasteiger charge is -2.21. The van der Waals surface area contributed by atoms with Gasteiger partial charge in [-0.2, -0.15) is 15.5 Å². The molecular weight excluding hydrogens is 1720 g/mol. The van der Waals surface area contributed by atoms with E-state index >= 15 is 0 Å². The van der Waals surface area contributed by atoms with Crippen LogP contribution in [0.2, 0.25) is 25.1 Å². The van der Waals surface area contributed by atoms with Gasteiger partial charge in [0.2, 0.25) is 0 Å². The van der Waals surface area contributed by atoms with E-state index in [1.807, 2.05) is 62.4 Å². The summed E-state index contributed by atoms with van der Waals surface area (Å²) in [4.78, 5) is 88.9. The van der Waals surface area contributed by atoms with Crippen molar-refractivity contribution in [2.45, 2.75) is 51.9 Å². The Labute approximate surface area is 707 Å². The Balaban J connectivity index is 0.000000177. The van der Waals surface area contributed by atoms with Crippen molar-refractivity contribution in [3.8, 4) is 12.1 Å². The number of carbonyl (C=O) groups excluding carboxylic acids is 5. The van der Waals surface area contributed by atoms with Gasteiger partial charge in [-0.25, -0.2) is 23.2 Å². The van der Waals surface area contributed by atoms with Crippen LogP contribution in [0, 0.1) is 67.8 Å². The number of nitriles is 2. The lowest BCUT2D eigenvalue weighted by molar-refractivity contribution is 0.0933. The van der Waals surface area contributed by atoms with Crippen molar-refractivity contribution in [3.63, 3.8) is 0 Å². The van der Waals surface area contributed by atoms with Gasteiger partial charge in [0.05, 0.1) is 79.5 Å². The fraction of sp³-hybridized carbons (Fsp3) is 0.0920. The normalized spacial score (nSPS) is 11.9. The van der Waals surface area contributed by atoms with Crippen LogP contribution >= 0.6 is 89.9 Å². The van der Waals surface area contributed by atoms with Crippen molar-refractivity contribution in [3.05, 3.63) is 395 Å². The monoisotopic (exact) mass is 1780 g/mol. The van der Waals surface area contributed by atoms with Crippen LogP contribution in [0.15, 0.2) is 267 Å². The molecule has 29 heteroatoms. The number of nitrogens with one attached hydrogen (secondary N) is 4. The number of nitrogens with zero attached hydrogens (tertiary/aromatic N) is 8. The number of aliphatic imine (C=N–C) groups is 3. The molecule has 0 aliphatic carbocycles. The van der Waals surface area contributed by atoms with Gasteiger partial charge < -0.3 is 32.7 Å². The van der Waals surface area contributed by atoms with Crippen LogP contribution in [0.1, 0.15) is 149 Å². The molecule has 9 aromatic carbocycles. The van der Waals surface area contributed by atoms with Crippen LogP contribution in [0.4, 0.5) is 18.9 Å². The minimum Gasteiger partial charge on any atom is -0.390 e. The lowest BCUT2D eigenvalue weighted by Crippen LogP contribution is -2.38. The predicted molar refractivity (Wildman–Crippen MR) is 454 cm³/mol. The summed E-state index contributed by atoms with van der Waals surface area (Å²) >= 11 is 36.3. The zero-order valence-corrected chi connectivity index (χ0v) is 68.6. The second kappa shape index (κ2) is 42.2. The molecule has 0 saturated heterocycles. The van der Waals surface area contributed by atoms with Gasteiger partial charge in [0.15, 0.2) is 0 Å². The van der Waals surface area contributed by atoms with E-state index in [4.69, 9.17) is 80.0 Å².